The fourth-order valence-electron chi connectivity index (χ4n) is 4.28. The highest BCUT2D eigenvalue weighted by Gasteiger charge is 2.41. The fraction of sp³-hybridized carbons (Fsp3) is 0.522. The van der Waals surface area contributed by atoms with E-state index in [1.807, 2.05) is 19.1 Å². The molecule has 1 atom stereocenters. The molecule has 2 fully saturated rings. The lowest BCUT2D eigenvalue weighted by molar-refractivity contribution is -0.133. The SMILES string of the molecule is C=CCNC(=O)N1CCCN(C(=O)c2cccc(C)c2)C1C(=O)NC1CCC(N)CC1. The molecule has 1 aromatic rings. The van der Waals surface area contributed by atoms with Crippen molar-refractivity contribution in [1.82, 2.24) is 20.4 Å². The van der Waals surface area contributed by atoms with E-state index in [1.165, 1.54) is 9.80 Å². The van der Waals surface area contributed by atoms with Crippen molar-refractivity contribution in [3.8, 4) is 0 Å². The van der Waals surface area contributed by atoms with Crippen LogP contribution in [0.3, 0.4) is 0 Å². The van der Waals surface area contributed by atoms with Gasteiger partial charge in [0.25, 0.3) is 11.8 Å². The maximum Gasteiger partial charge on any atom is 0.319 e. The molecule has 0 spiro atoms. The van der Waals surface area contributed by atoms with Crippen LogP contribution in [0.15, 0.2) is 36.9 Å². The normalized spacial score (nSPS) is 23.7. The van der Waals surface area contributed by atoms with E-state index in [1.54, 1.807) is 18.2 Å². The number of amides is 4. The van der Waals surface area contributed by atoms with Gasteiger partial charge in [-0.25, -0.2) is 4.79 Å². The van der Waals surface area contributed by atoms with E-state index in [-0.39, 0.29) is 36.5 Å². The van der Waals surface area contributed by atoms with E-state index in [4.69, 9.17) is 5.73 Å². The van der Waals surface area contributed by atoms with Gasteiger partial charge in [0.2, 0.25) is 0 Å². The Labute approximate surface area is 183 Å². The molecule has 1 heterocycles. The van der Waals surface area contributed by atoms with Crippen LogP contribution < -0.4 is 16.4 Å². The second-order valence-electron chi connectivity index (χ2n) is 8.38. The molecule has 3 rings (SSSR count). The third kappa shape index (κ3) is 5.64. The van der Waals surface area contributed by atoms with Crippen molar-refractivity contribution in [1.29, 1.82) is 0 Å². The quantitative estimate of drug-likeness (QED) is 0.622. The number of nitrogens with zero attached hydrogens (tertiary/aromatic N) is 2. The first kappa shape index (κ1) is 22.8. The van der Waals surface area contributed by atoms with Crippen molar-refractivity contribution < 1.29 is 14.4 Å². The summed E-state index contributed by atoms with van der Waals surface area (Å²) in [5.74, 6) is -0.578. The van der Waals surface area contributed by atoms with E-state index in [2.05, 4.69) is 17.2 Å². The molecule has 168 valence electrons. The van der Waals surface area contributed by atoms with Crippen LogP contribution >= 0.6 is 0 Å². The van der Waals surface area contributed by atoms with Crippen molar-refractivity contribution in [3.63, 3.8) is 0 Å². The van der Waals surface area contributed by atoms with Crippen LogP contribution in [-0.4, -0.2) is 65.5 Å². The van der Waals surface area contributed by atoms with Crippen LogP contribution in [0.2, 0.25) is 0 Å². The molecular formula is C23H33N5O3. The van der Waals surface area contributed by atoms with Gasteiger partial charge in [-0.3, -0.25) is 14.5 Å². The number of nitrogens with one attached hydrogen (secondary N) is 2. The van der Waals surface area contributed by atoms with Crippen molar-refractivity contribution in [2.45, 2.75) is 57.3 Å². The molecule has 1 saturated heterocycles. The molecule has 2 aliphatic rings. The second kappa shape index (κ2) is 10.4. The molecule has 31 heavy (non-hydrogen) atoms. The molecule has 0 bridgehead atoms. The summed E-state index contributed by atoms with van der Waals surface area (Å²) >= 11 is 0. The highest BCUT2D eigenvalue weighted by atomic mass is 16.2. The number of carbonyl (C=O) groups excluding carboxylic acids is 3. The van der Waals surface area contributed by atoms with Gasteiger partial charge in [0.15, 0.2) is 6.17 Å². The molecule has 1 aliphatic carbocycles. The van der Waals surface area contributed by atoms with Gasteiger partial charge < -0.3 is 21.3 Å². The van der Waals surface area contributed by atoms with Crippen LogP contribution in [0, 0.1) is 6.92 Å². The van der Waals surface area contributed by atoms with Crippen molar-refractivity contribution in [2.24, 2.45) is 5.73 Å². The van der Waals surface area contributed by atoms with E-state index in [0.29, 0.717) is 25.1 Å². The summed E-state index contributed by atoms with van der Waals surface area (Å²) in [6, 6.07) is 7.07. The van der Waals surface area contributed by atoms with Crippen molar-refractivity contribution in [2.75, 3.05) is 19.6 Å². The molecule has 0 radical (unpaired) electrons. The van der Waals surface area contributed by atoms with Gasteiger partial charge in [-0.1, -0.05) is 23.8 Å². The molecule has 0 aromatic heterocycles. The molecular weight excluding hydrogens is 394 g/mol. The number of carbonyl (C=O) groups is 3. The second-order valence-corrected chi connectivity index (χ2v) is 8.38. The Morgan fingerprint density at radius 2 is 1.87 bits per heavy atom. The molecule has 4 amide bonds. The highest BCUT2D eigenvalue weighted by Crippen LogP contribution is 2.21. The Balaban J connectivity index is 1.84. The Kier molecular flexibility index (Phi) is 7.68. The summed E-state index contributed by atoms with van der Waals surface area (Å²) < 4.78 is 0. The van der Waals surface area contributed by atoms with E-state index in [0.717, 1.165) is 31.2 Å². The minimum Gasteiger partial charge on any atom is -0.350 e. The monoisotopic (exact) mass is 427 g/mol. The lowest BCUT2D eigenvalue weighted by Gasteiger charge is -2.43. The van der Waals surface area contributed by atoms with E-state index < -0.39 is 6.17 Å². The third-order valence-electron chi connectivity index (χ3n) is 5.93. The molecule has 1 unspecified atom stereocenters. The summed E-state index contributed by atoms with van der Waals surface area (Å²) in [4.78, 5) is 42.5. The van der Waals surface area contributed by atoms with Crippen LogP contribution in [0.5, 0.6) is 0 Å². The van der Waals surface area contributed by atoms with Gasteiger partial charge in [0.1, 0.15) is 0 Å². The molecule has 1 aliphatic heterocycles. The summed E-state index contributed by atoms with van der Waals surface area (Å²) in [7, 11) is 0. The summed E-state index contributed by atoms with van der Waals surface area (Å²) in [6.07, 6.45) is 4.49. The maximum atomic E-state index is 13.4. The van der Waals surface area contributed by atoms with Gasteiger partial charge in [0, 0.05) is 37.3 Å². The maximum absolute atomic E-state index is 13.4. The van der Waals surface area contributed by atoms with Crippen LogP contribution in [0.1, 0.15) is 48.0 Å². The highest BCUT2D eigenvalue weighted by molar-refractivity contribution is 5.99. The number of rotatable bonds is 5. The van der Waals surface area contributed by atoms with Crippen molar-refractivity contribution in [3.05, 3.63) is 48.0 Å². The standard InChI is InChI=1S/C23H33N5O3/c1-3-12-25-23(31)28-14-5-13-27(22(30)17-7-4-6-16(2)15-17)21(28)20(29)26-19-10-8-18(24)9-11-19/h3-4,6-7,15,18-19,21H,1,5,8-14,24H2,2H3,(H,25,31)(H,26,29). The number of hydrogen-bond donors (Lipinski definition) is 3. The van der Waals surface area contributed by atoms with Gasteiger partial charge >= 0.3 is 6.03 Å². The Bertz CT molecular complexity index is 819. The molecule has 8 nitrogen and oxygen atoms in total. The number of benzene rings is 1. The largest absolute Gasteiger partial charge is 0.350 e. The topological polar surface area (TPSA) is 108 Å². The zero-order chi connectivity index (χ0) is 22.4. The minimum atomic E-state index is -0.998. The molecule has 1 saturated carbocycles. The third-order valence-corrected chi connectivity index (χ3v) is 5.93. The lowest BCUT2D eigenvalue weighted by atomic mass is 9.91. The van der Waals surface area contributed by atoms with Gasteiger partial charge in [0.05, 0.1) is 0 Å². The van der Waals surface area contributed by atoms with E-state index in [9.17, 15) is 14.4 Å². The van der Waals surface area contributed by atoms with Crippen LogP contribution in [0.4, 0.5) is 4.79 Å². The smallest absolute Gasteiger partial charge is 0.319 e. The first-order chi connectivity index (χ1) is 14.9. The van der Waals surface area contributed by atoms with E-state index >= 15 is 0 Å². The number of aryl methyl sites for hydroxylation is 1. The van der Waals surface area contributed by atoms with Gasteiger partial charge in [-0.2, -0.15) is 0 Å². The first-order valence-electron chi connectivity index (χ1n) is 11.0. The molecule has 8 heteroatoms. The van der Waals surface area contributed by atoms with Crippen molar-refractivity contribution >= 4 is 17.8 Å². The number of hydrogen-bond acceptors (Lipinski definition) is 4. The summed E-state index contributed by atoms with van der Waals surface area (Å²) in [5.41, 5.74) is 7.45. The lowest BCUT2D eigenvalue weighted by Crippen LogP contribution is -2.65. The predicted octanol–water partition coefficient (Wildman–Crippen LogP) is 1.75. The van der Waals surface area contributed by atoms with Crippen LogP contribution in [0.25, 0.3) is 0 Å². The predicted molar refractivity (Wildman–Crippen MR) is 119 cm³/mol. The van der Waals surface area contributed by atoms with Gasteiger partial charge in [-0.15, -0.1) is 6.58 Å². The summed E-state index contributed by atoms with van der Waals surface area (Å²) in [5, 5.41) is 5.81. The Hall–Kier alpha value is -2.87. The van der Waals surface area contributed by atoms with Crippen LogP contribution in [-0.2, 0) is 4.79 Å². The zero-order valence-electron chi connectivity index (χ0n) is 18.2. The van der Waals surface area contributed by atoms with Gasteiger partial charge in [-0.05, 0) is 51.2 Å². The number of urea groups is 1. The summed E-state index contributed by atoms with van der Waals surface area (Å²) in [6.45, 7) is 6.63. The molecule has 1 aromatic carbocycles. The fourth-order valence-corrected chi connectivity index (χ4v) is 4.28. The minimum absolute atomic E-state index is 0.00300. The molecule has 4 N–H and O–H groups in total. The average Bonchev–Trinajstić information content (AvgIpc) is 2.78. The average molecular weight is 428 g/mol. The zero-order valence-corrected chi connectivity index (χ0v) is 18.2. The Morgan fingerprint density at radius 1 is 1.16 bits per heavy atom. The Morgan fingerprint density at radius 3 is 2.55 bits per heavy atom. The first-order valence-corrected chi connectivity index (χ1v) is 11.0. The number of nitrogens with two attached hydrogens (primary N) is 1.